The second kappa shape index (κ2) is 6.01. The van der Waals surface area contributed by atoms with Crippen LogP contribution in [0.2, 0.25) is 0 Å². The average Bonchev–Trinajstić information content (AvgIpc) is 2.39. The van der Waals surface area contributed by atoms with Gasteiger partial charge in [0.2, 0.25) is 5.91 Å². The van der Waals surface area contributed by atoms with Crippen LogP contribution in [-0.4, -0.2) is 5.91 Å². The Balaban J connectivity index is 1.90. The zero-order valence-electron chi connectivity index (χ0n) is 10.8. The molecule has 1 amide bonds. The van der Waals surface area contributed by atoms with E-state index in [0.717, 1.165) is 12.8 Å². The Morgan fingerprint density at radius 2 is 1.72 bits per heavy atom. The summed E-state index contributed by atoms with van der Waals surface area (Å²) in [4.78, 5) is 10.9. The van der Waals surface area contributed by atoms with Crippen LogP contribution in [0.4, 0.5) is 0 Å². The molecule has 1 aromatic rings. The Morgan fingerprint density at radius 1 is 1.11 bits per heavy atom. The maximum absolute atomic E-state index is 10.9. The number of amides is 1. The van der Waals surface area contributed by atoms with Crippen LogP contribution in [0.25, 0.3) is 0 Å². The highest BCUT2D eigenvalue weighted by Crippen LogP contribution is 2.36. The van der Waals surface area contributed by atoms with Crippen LogP contribution in [0.5, 0.6) is 0 Å². The fraction of sp³-hybridized carbons (Fsp3) is 0.533. The topological polar surface area (TPSA) is 69.1 Å². The van der Waals surface area contributed by atoms with Gasteiger partial charge >= 0.3 is 0 Å². The highest BCUT2D eigenvalue weighted by molar-refractivity contribution is 5.73. The molecule has 3 nitrogen and oxygen atoms in total. The number of hydrogen-bond acceptors (Lipinski definition) is 2. The van der Waals surface area contributed by atoms with E-state index in [-0.39, 0.29) is 5.91 Å². The fourth-order valence-electron chi connectivity index (χ4n) is 2.91. The SMILES string of the molecule is NCc1ccc([C@H]2CC[C@H](CC(N)=O)CC2)cc1. The smallest absolute Gasteiger partial charge is 0.217 e. The molecule has 4 N–H and O–H groups in total. The first-order chi connectivity index (χ1) is 8.69. The summed E-state index contributed by atoms with van der Waals surface area (Å²) >= 11 is 0. The van der Waals surface area contributed by atoms with Crippen LogP contribution in [0.15, 0.2) is 24.3 Å². The maximum Gasteiger partial charge on any atom is 0.217 e. The first kappa shape index (κ1) is 13.1. The molecule has 18 heavy (non-hydrogen) atoms. The van der Waals surface area contributed by atoms with Crippen molar-refractivity contribution in [3.8, 4) is 0 Å². The van der Waals surface area contributed by atoms with Gasteiger partial charge in [-0.05, 0) is 48.6 Å². The number of hydrogen-bond donors (Lipinski definition) is 2. The number of carbonyl (C=O) groups excluding carboxylic acids is 1. The minimum absolute atomic E-state index is 0.161. The predicted molar refractivity (Wildman–Crippen MR) is 72.8 cm³/mol. The van der Waals surface area contributed by atoms with E-state index in [1.807, 2.05) is 0 Å². The Kier molecular flexibility index (Phi) is 4.37. The Bertz CT molecular complexity index is 391. The van der Waals surface area contributed by atoms with Gasteiger partial charge in [0.25, 0.3) is 0 Å². The van der Waals surface area contributed by atoms with Gasteiger partial charge < -0.3 is 11.5 Å². The molecule has 0 bridgehead atoms. The Labute approximate surface area is 109 Å². The third-order valence-corrected chi connectivity index (χ3v) is 4.02. The summed E-state index contributed by atoms with van der Waals surface area (Å²) in [7, 11) is 0. The Hall–Kier alpha value is -1.35. The van der Waals surface area contributed by atoms with Crippen molar-refractivity contribution < 1.29 is 4.79 Å². The molecule has 0 aliphatic heterocycles. The van der Waals surface area contributed by atoms with Gasteiger partial charge in [-0.3, -0.25) is 4.79 Å². The van der Waals surface area contributed by atoms with Crippen molar-refractivity contribution in [3.63, 3.8) is 0 Å². The van der Waals surface area contributed by atoms with Crippen LogP contribution in [0, 0.1) is 5.92 Å². The van der Waals surface area contributed by atoms with E-state index in [1.165, 1.54) is 24.0 Å². The third kappa shape index (κ3) is 3.33. The van der Waals surface area contributed by atoms with E-state index >= 15 is 0 Å². The van der Waals surface area contributed by atoms with E-state index in [2.05, 4.69) is 24.3 Å². The molecule has 0 unspecified atom stereocenters. The van der Waals surface area contributed by atoms with Crippen molar-refractivity contribution in [2.75, 3.05) is 0 Å². The third-order valence-electron chi connectivity index (χ3n) is 4.02. The van der Waals surface area contributed by atoms with Gasteiger partial charge in [0.1, 0.15) is 0 Å². The van der Waals surface area contributed by atoms with Crippen molar-refractivity contribution in [3.05, 3.63) is 35.4 Å². The molecule has 0 atom stereocenters. The molecule has 0 spiro atoms. The summed E-state index contributed by atoms with van der Waals surface area (Å²) in [6.45, 7) is 0.603. The zero-order valence-corrected chi connectivity index (χ0v) is 10.8. The normalized spacial score (nSPS) is 23.8. The number of carbonyl (C=O) groups is 1. The van der Waals surface area contributed by atoms with Crippen LogP contribution in [-0.2, 0) is 11.3 Å². The van der Waals surface area contributed by atoms with Gasteiger partial charge in [0, 0.05) is 13.0 Å². The minimum atomic E-state index is -0.161. The average molecular weight is 246 g/mol. The largest absolute Gasteiger partial charge is 0.370 e. The van der Waals surface area contributed by atoms with Crippen molar-refractivity contribution in [1.29, 1.82) is 0 Å². The molecule has 98 valence electrons. The molecule has 0 heterocycles. The first-order valence-electron chi connectivity index (χ1n) is 6.76. The van der Waals surface area contributed by atoms with Gasteiger partial charge in [-0.1, -0.05) is 24.3 Å². The molecule has 1 aliphatic carbocycles. The van der Waals surface area contributed by atoms with Crippen molar-refractivity contribution in [2.45, 2.75) is 44.6 Å². The van der Waals surface area contributed by atoms with Crippen molar-refractivity contribution >= 4 is 5.91 Å². The molecule has 0 saturated heterocycles. The van der Waals surface area contributed by atoms with Crippen LogP contribution < -0.4 is 11.5 Å². The molecule has 1 aromatic carbocycles. The van der Waals surface area contributed by atoms with Gasteiger partial charge in [-0.2, -0.15) is 0 Å². The van der Waals surface area contributed by atoms with Gasteiger partial charge in [0.05, 0.1) is 0 Å². The number of primary amides is 1. The quantitative estimate of drug-likeness (QED) is 0.855. The summed E-state index contributed by atoms with van der Waals surface area (Å²) in [5.74, 6) is 0.980. The highest BCUT2D eigenvalue weighted by Gasteiger charge is 2.23. The van der Waals surface area contributed by atoms with E-state index in [9.17, 15) is 4.79 Å². The molecule has 1 saturated carbocycles. The standard InChI is InChI=1S/C15H22N2O/c16-10-12-3-7-14(8-4-12)13-5-1-11(2-6-13)9-15(17)18/h3-4,7-8,11,13H,1-2,5-6,9-10,16H2,(H2,17,18)/t11-,13-. The van der Waals surface area contributed by atoms with Gasteiger partial charge in [0.15, 0.2) is 0 Å². The lowest BCUT2D eigenvalue weighted by atomic mass is 9.77. The molecular formula is C15H22N2O. The summed E-state index contributed by atoms with van der Waals surface area (Å²) in [6, 6.07) is 8.62. The van der Waals surface area contributed by atoms with Crippen LogP contribution >= 0.6 is 0 Å². The van der Waals surface area contributed by atoms with Crippen molar-refractivity contribution in [1.82, 2.24) is 0 Å². The molecular weight excluding hydrogens is 224 g/mol. The maximum atomic E-state index is 10.9. The summed E-state index contributed by atoms with van der Waals surface area (Å²) in [6.07, 6.45) is 5.12. The summed E-state index contributed by atoms with van der Waals surface area (Å²) in [5.41, 5.74) is 13.4. The fourth-order valence-corrected chi connectivity index (χ4v) is 2.91. The number of nitrogens with two attached hydrogens (primary N) is 2. The number of benzene rings is 1. The lowest BCUT2D eigenvalue weighted by molar-refractivity contribution is -0.119. The van der Waals surface area contributed by atoms with E-state index in [4.69, 9.17) is 11.5 Å². The molecule has 3 heteroatoms. The summed E-state index contributed by atoms with van der Waals surface area (Å²) < 4.78 is 0. The van der Waals surface area contributed by atoms with Crippen LogP contribution in [0.3, 0.4) is 0 Å². The van der Waals surface area contributed by atoms with E-state index < -0.39 is 0 Å². The predicted octanol–water partition coefficient (Wildman–Crippen LogP) is 2.29. The molecule has 0 aromatic heterocycles. The second-order valence-corrected chi connectivity index (χ2v) is 5.33. The molecule has 1 aliphatic rings. The molecule has 0 radical (unpaired) electrons. The van der Waals surface area contributed by atoms with E-state index in [0.29, 0.717) is 24.8 Å². The lowest BCUT2D eigenvalue weighted by Gasteiger charge is -2.28. The number of rotatable bonds is 4. The van der Waals surface area contributed by atoms with Gasteiger partial charge in [-0.25, -0.2) is 0 Å². The van der Waals surface area contributed by atoms with Crippen LogP contribution in [0.1, 0.15) is 49.1 Å². The second-order valence-electron chi connectivity index (χ2n) is 5.33. The summed E-state index contributed by atoms with van der Waals surface area (Å²) in [5, 5.41) is 0. The van der Waals surface area contributed by atoms with E-state index in [1.54, 1.807) is 0 Å². The van der Waals surface area contributed by atoms with Gasteiger partial charge in [-0.15, -0.1) is 0 Å². The molecule has 1 fully saturated rings. The zero-order chi connectivity index (χ0) is 13.0. The lowest BCUT2D eigenvalue weighted by Crippen LogP contribution is -2.20. The molecule has 2 rings (SSSR count). The Morgan fingerprint density at radius 3 is 2.22 bits per heavy atom. The van der Waals surface area contributed by atoms with Crippen molar-refractivity contribution in [2.24, 2.45) is 17.4 Å². The monoisotopic (exact) mass is 246 g/mol. The minimum Gasteiger partial charge on any atom is -0.370 e. The highest BCUT2D eigenvalue weighted by atomic mass is 16.1. The first-order valence-corrected chi connectivity index (χ1v) is 6.76.